The highest BCUT2D eigenvalue weighted by atomic mass is 19.1. The first-order chi connectivity index (χ1) is 8.74. The van der Waals surface area contributed by atoms with Gasteiger partial charge in [0.05, 0.1) is 0 Å². The van der Waals surface area contributed by atoms with Gasteiger partial charge in [-0.15, -0.1) is 0 Å². The topological polar surface area (TPSA) is 35.2 Å². The largest absolute Gasteiger partial charge is 0.454 e. The zero-order chi connectivity index (χ0) is 13.0. The Hall–Kier alpha value is -1.87. The minimum Gasteiger partial charge on any atom is -0.454 e. The van der Waals surface area contributed by atoms with Crippen LogP contribution in [0.4, 0.5) is 4.39 Å². The molecule has 0 bridgehead atoms. The molecule has 94 valence electrons. The van der Waals surface area contributed by atoms with Gasteiger partial charge in [0, 0.05) is 12.1 Å². The SMILES string of the molecule is CCc1cccc(Oc2c(F)cccc2CN)c1. The maximum absolute atomic E-state index is 13.7. The van der Waals surface area contributed by atoms with E-state index in [1.165, 1.54) is 6.07 Å². The molecule has 2 N–H and O–H groups in total. The van der Waals surface area contributed by atoms with E-state index in [4.69, 9.17) is 10.5 Å². The van der Waals surface area contributed by atoms with Crippen molar-refractivity contribution >= 4 is 0 Å². The van der Waals surface area contributed by atoms with Crippen molar-refractivity contribution < 1.29 is 9.13 Å². The Morgan fingerprint density at radius 2 is 1.94 bits per heavy atom. The highest BCUT2D eigenvalue weighted by molar-refractivity contribution is 5.40. The lowest BCUT2D eigenvalue weighted by Gasteiger charge is -2.11. The molecule has 0 aromatic heterocycles. The summed E-state index contributed by atoms with van der Waals surface area (Å²) in [4.78, 5) is 0. The Morgan fingerprint density at radius 3 is 2.67 bits per heavy atom. The summed E-state index contributed by atoms with van der Waals surface area (Å²) < 4.78 is 19.3. The number of hydrogen-bond acceptors (Lipinski definition) is 2. The molecular formula is C15H16FNO. The molecule has 2 aromatic carbocycles. The molecule has 0 fully saturated rings. The third-order valence-electron chi connectivity index (χ3n) is 2.80. The minimum atomic E-state index is -0.389. The first-order valence-electron chi connectivity index (χ1n) is 5.99. The van der Waals surface area contributed by atoms with Gasteiger partial charge < -0.3 is 10.5 Å². The zero-order valence-corrected chi connectivity index (χ0v) is 10.3. The summed E-state index contributed by atoms with van der Waals surface area (Å²) >= 11 is 0. The Kier molecular flexibility index (Phi) is 3.95. The zero-order valence-electron chi connectivity index (χ0n) is 10.3. The van der Waals surface area contributed by atoms with Crippen molar-refractivity contribution in [3.05, 3.63) is 59.4 Å². The van der Waals surface area contributed by atoms with Gasteiger partial charge in [0.2, 0.25) is 0 Å². The van der Waals surface area contributed by atoms with Crippen molar-refractivity contribution in [3.8, 4) is 11.5 Å². The van der Waals surface area contributed by atoms with Crippen LogP contribution < -0.4 is 10.5 Å². The van der Waals surface area contributed by atoms with Gasteiger partial charge >= 0.3 is 0 Å². The van der Waals surface area contributed by atoms with Crippen LogP contribution in [-0.2, 0) is 13.0 Å². The van der Waals surface area contributed by atoms with Crippen molar-refractivity contribution in [2.45, 2.75) is 19.9 Å². The number of ether oxygens (including phenoxy) is 1. The van der Waals surface area contributed by atoms with E-state index in [1.54, 1.807) is 12.1 Å². The maximum atomic E-state index is 13.7. The minimum absolute atomic E-state index is 0.216. The van der Waals surface area contributed by atoms with E-state index in [1.807, 2.05) is 24.3 Å². The molecule has 0 spiro atoms. The number of para-hydroxylation sites is 1. The summed E-state index contributed by atoms with van der Waals surface area (Å²) in [6, 6.07) is 12.4. The first-order valence-corrected chi connectivity index (χ1v) is 5.99. The van der Waals surface area contributed by atoms with Crippen LogP contribution in [0.15, 0.2) is 42.5 Å². The van der Waals surface area contributed by atoms with Crippen molar-refractivity contribution in [1.82, 2.24) is 0 Å². The van der Waals surface area contributed by atoms with Gasteiger partial charge in [-0.25, -0.2) is 4.39 Å². The van der Waals surface area contributed by atoms with Crippen LogP contribution in [0, 0.1) is 5.82 Å². The monoisotopic (exact) mass is 245 g/mol. The fraction of sp³-hybridized carbons (Fsp3) is 0.200. The van der Waals surface area contributed by atoms with E-state index in [2.05, 4.69) is 6.92 Å². The second kappa shape index (κ2) is 5.65. The van der Waals surface area contributed by atoms with E-state index in [0.717, 1.165) is 12.0 Å². The lowest BCUT2D eigenvalue weighted by atomic mass is 10.1. The molecule has 0 unspecified atom stereocenters. The number of hydrogen-bond donors (Lipinski definition) is 1. The van der Waals surface area contributed by atoms with Gasteiger partial charge in [0.1, 0.15) is 5.75 Å². The normalized spacial score (nSPS) is 10.4. The third-order valence-corrected chi connectivity index (χ3v) is 2.80. The molecule has 0 radical (unpaired) electrons. The molecule has 0 saturated carbocycles. The molecule has 2 aromatic rings. The molecule has 2 nitrogen and oxygen atoms in total. The number of halogens is 1. The van der Waals surface area contributed by atoms with Crippen LogP contribution in [0.3, 0.4) is 0 Å². The van der Waals surface area contributed by atoms with E-state index in [-0.39, 0.29) is 18.1 Å². The van der Waals surface area contributed by atoms with Gasteiger partial charge in [0.15, 0.2) is 11.6 Å². The van der Waals surface area contributed by atoms with Crippen molar-refractivity contribution in [2.75, 3.05) is 0 Å². The highest BCUT2D eigenvalue weighted by Gasteiger charge is 2.09. The van der Waals surface area contributed by atoms with Gasteiger partial charge in [-0.3, -0.25) is 0 Å². The predicted octanol–water partition coefficient (Wildman–Crippen LogP) is 3.64. The van der Waals surface area contributed by atoms with Crippen LogP contribution in [0.1, 0.15) is 18.1 Å². The fourth-order valence-electron chi connectivity index (χ4n) is 1.78. The van der Waals surface area contributed by atoms with E-state index < -0.39 is 0 Å². The van der Waals surface area contributed by atoms with Crippen molar-refractivity contribution in [1.29, 1.82) is 0 Å². The summed E-state index contributed by atoms with van der Waals surface area (Å²) in [6.07, 6.45) is 0.915. The van der Waals surface area contributed by atoms with Crippen LogP contribution in [-0.4, -0.2) is 0 Å². The first kappa shape index (κ1) is 12.6. The summed E-state index contributed by atoms with van der Waals surface area (Å²) in [5.41, 5.74) is 7.40. The van der Waals surface area contributed by atoms with Gasteiger partial charge in [-0.2, -0.15) is 0 Å². The second-order valence-corrected chi connectivity index (χ2v) is 4.04. The molecular weight excluding hydrogens is 229 g/mol. The van der Waals surface area contributed by atoms with E-state index >= 15 is 0 Å². The molecule has 18 heavy (non-hydrogen) atoms. The maximum Gasteiger partial charge on any atom is 0.167 e. The molecule has 0 atom stereocenters. The fourth-order valence-corrected chi connectivity index (χ4v) is 1.78. The number of nitrogens with two attached hydrogens (primary N) is 1. The number of benzene rings is 2. The predicted molar refractivity (Wildman–Crippen MR) is 70.2 cm³/mol. The summed E-state index contributed by atoms with van der Waals surface area (Å²) in [6.45, 7) is 2.31. The average Bonchev–Trinajstić information content (AvgIpc) is 2.41. The van der Waals surface area contributed by atoms with Gasteiger partial charge in [0.25, 0.3) is 0 Å². The summed E-state index contributed by atoms with van der Waals surface area (Å²) in [5, 5.41) is 0. The van der Waals surface area contributed by atoms with Crippen LogP contribution in [0.5, 0.6) is 11.5 Å². The Bertz CT molecular complexity index is 540. The summed E-state index contributed by atoms with van der Waals surface area (Å²) in [5.74, 6) is 0.460. The molecule has 0 heterocycles. The number of rotatable bonds is 4. The summed E-state index contributed by atoms with van der Waals surface area (Å²) in [7, 11) is 0. The molecule has 0 aliphatic carbocycles. The van der Waals surface area contributed by atoms with Crippen LogP contribution >= 0.6 is 0 Å². The lowest BCUT2D eigenvalue weighted by Crippen LogP contribution is -2.01. The Labute approximate surface area is 106 Å². The van der Waals surface area contributed by atoms with Crippen LogP contribution in [0.25, 0.3) is 0 Å². The molecule has 0 saturated heterocycles. The Balaban J connectivity index is 2.33. The third kappa shape index (κ3) is 2.68. The number of aryl methyl sites for hydroxylation is 1. The van der Waals surface area contributed by atoms with Gasteiger partial charge in [-0.05, 0) is 30.2 Å². The smallest absolute Gasteiger partial charge is 0.167 e. The molecule has 0 amide bonds. The average molecular weight is 245 g/mol. The molecule has 0 aliphatic rings. The van der Waals surface area contributed by atoms with E-state index in [0.29, 0.717) is 11.3 Å². The quantitative estimate of drug-likeness (QED) is 0.892. The molecule has 2 rings (SSSR count). The second-order valence-electron chi connectivity index (χ2n) is 4.04. The van der Waals surface area contributed by atoms with Crippen molar-refractivity contribution in [2.24, 2.45) is 5.73 Å². The van der Waals surface area contributed by atoms with E-state index in [9.17, 15) is 4.39 Å². The lowest BCUT2D eigenvalue weighted by molar-refractivity contribution is 0.436. The Morgan fingerprint density at radius 1 is 1.17 bits per heavy atom. The van der Waals surface area contributed by atoms with Crippen LogP contribution in [0.2, 0.25) is 0 Å². The highest BCUT2D eigenvalue weighted by Crippen LogP contribution is 2.28. The molecule has 0 aliphatic heterocycles. The van der Waals surface area contributed by atoms with Gasteiger partial charge in [-0.1, -0.05) is 31.2 Å². The standard InChI is InChI=1S/C15H16FNO/c1-2-11-5-3-7-13(9-11)18-15-12(10-17)6-4-8-14(15)16/h3-9H,2,10,17H2,1H3. The molecule has 3 heteroatoms. The van der Waals surface area contributed by atoms with Crippen molar-refractivity contribution in [3.63, 3.8) is 0 Å².